The van der Waals surface area contributed by atoms with Crippen LogP contribution >= 0.6 is 39.1 Å². The number of rotatable bonds is 4. The smallest absolute Gasteiger partial charge is 0.410 e. The summed E-state index contributed by atoms with van der Waals surface area (Å²) < 4.78 is 9.31. The minimum absolute atomic E-state index is 0.0172. The molecule has 1 saturated heterocycles. The van der Waals surface area contributed by atoms with Gasteiger partial charge >= 0.3 is 6.09 Å². The van der Waals surface area contributed by atoms with Gasteiger partial charge in [-0.15, -0.1) is 0 Å². The molecule has 13 heteroatoms. The zero-order valence-corrected chi connectivity index (χ0v) is 24.6. The fraction of sp³-hybridized carbons (Fsp3) is 0.346. The van der Waals surface area contributed by atoms with Gasteiger partial charge in [-0.25, -0.2) is 14.8 Å². The Morgan fingerprint density at radius 3 is 2.64 bits per heavy atom. The predicted octanol–water partition coefficient (Wildman–Crippen LogP) is 6.36. The molecule has 0 saturated carbocycles. The Labute approximate surface area is 243 Å². The normalized spacial score (nSPS) is 15.9. The van der Waals surface area contributed by atoms with E-state index in [2.05, 4.69) is 36.3 Å². The van der Waals surface area contributed by atoms with Crippen LogP contribution in [0.4, 0.5) is 16.4 Å². The van der Waals surface area contributed by atoms with Crippen LogP contribution in [0.5, 0.6) is 0 Å². The summed E-state index contributed by atoms with van der Waals surface area (Å²) >= 11 is 16.2. The van der Waals surface area contributed by atoms with Crippen molar-refractivity contribution in [2.45, 2.75) is 45.3 Å². The van der Waals surface area contributed by atoms with Crippen molar-refractivity contribution in [3.63, 3.8) is 0 Å². The second kappa shape index (κ2) is 10.8. The Morgan fingerprint density at radius 2 is 1.92 bits per heavy atom. The molecule has 4 heterocycles. The maximum absolute atomic E-state index is 13.3. The first-order chi connectivity index (χ1) is 18.5. The summed E-state index contributed by atoms with van der Waals surface area (Å²) in [4.78, 5) is 36.4. The molecule has 1 amide bonds. The molecular formula is C26H26BrCl2N7O3. The van der Waals surface area contributed by atoms with E-state index in [1.807, 2.05) is 31.6 Å². The number of carbonyl (C=O) groups excluding carboxylic acids is 1. The summed E-state index contributed by atoms with van der Waals surface area (Å²) in [7, 11) is 0. The van der Waals surface area contributed by atoms with Crippen LogP contribution in [-0.2, 0) is 4.74 Å². The number of ether oxygens (including phenoxy) is 1. The SMILES string of the molecule is CC(C)(C)OC(=O)N1CCCC(n2cc(Nc3ncc4c(=O)n(-c5c(Cl)cccc5Cl)cc(Br)c4n3)cn2)C1. The van der Waals surface area contributed by atoms with E-state index >= 15 is 0 Å². The molecule has 1 aliphatic heterocycles. The summed E-state index contributed by atoms with van der Waals surface area (Å²) in [6, 6.07) is 5.06. The van der Waals surface area contributed by atoms with Crippen LogP contribution in [0.1, 0.15) is 39.7 Å². The molecule has 4 aromatic rings. The van der Waals surface area contributed by atoms with E-state index < -0.39 is 5.60 Å². The van der Waals surface area contributed by atoms with E-state index in [9.17, 15) is 9.59 Å². The van der Waals surface area contributed by atoms with Crippen molar-refractivity contribution in [2.75, 3.05) is 18.4 Å². The number of nitrogens with one attached hydrogen (secondary N) is 1. The molecule has 0 aliphatic carbocycles. The predicted molar refractivity (Wildman–Crippen MR) is 154 cm³/mol. The van der Waals surface area contributed by atoms with Gasteiger partial charge in [0.05, 0.1) is 49.0 Å². The van der Waals surface area contributed by atoms with E-state index in [0.717, 1.165) is 12.8 Å². The first-order valence-corrected chi connectivity index (χ1v) is 13.9. The van der Waals surface area contributed by atoms with Crippen molar-refractivity contribution < 1.29 is 9.53 Å². The maximum Gasteiger partial charge on any atom is 0.410 e. The lowest BCUT2D eigenvalue weighted by molar-refractivity contribution is 0.0167. The highest BCUT2D eigenvalue weighted by Crippen LogP contribution is 2.30. The second-order valence-corrected chi connectivity index (χ2v) is 11.9. The molecule has 1 fully saturated rings. The quantitative estimate of drug-likeness (QED) is 0.278. The molecule has 204 valence electrons. The van der Waals surface area contributed by atoms with Gasteiger partial charge in [-0.1, -0.05) is 29.3 Å². The molecule has 0 spiro atoms. The minimum atomic E-state index is -0.545. The summed E-state index contributed by atoms with van der Waals surface area (Å²) in [6.07, 6.45) is 8.00. The molecule has 1 aliphatic rings. The van der Waals surface area contributed by atoms with Crippen molar-refractivity contribution in [1.82, 2.24) is 29.2 Å². The molecule has 1 unspecified atom stereocenters. The maximum atomic E-state index is 13.3. The van der Waals surface area contributed by atoms with Gasteiger partial charge in [-0.05, 0) is 61.7 Å². The average Bonchev–Trinajstić information content (AvgIpc) is 3.34. The van der Waals surface area contributed by atoms with Crippen LogP contribution in [0.2, 0.25) is 10.0 Å². The van der Waals surface area contributed by atoms with Crippen molar-refractivity contribution in [2.24, 2.45) is 0 Å². The number of benzene rings is 1. The standard InChI is InChI=1S/C26H26BrCl2N7O3/c1-26(2,3)39-25(38)34-9-5-6-16(13-34)36-12-15(10-31-36)32-24-30-11-17-21(33-24)18(27)14-35(23(17)37)22-19(28)7-4-8-20(22)29/h4,7-8,10-12,14,16H,5-6,9,13H2,1-3H3,(H,30,32,33). The molecule has 1 N–H and O–H groups in total. The van der Waals surface area contributed by atoms with Gasteiger partial charge in [0.1, 0.15) is 5.60 Å². The number of fused-ring (bicyclic) bond motifs is 1. The third kappa shape index (κ3) is 5.90. The number of para-hydroxylation sites is 1. The molecule has 10 nitrogen and oxygen atoms in total. The van der Waals surface area contributed by atoms with Crippen LogP contribution in [0.3, 0.4) is 0 Å². The Balaban J connectivity index is 1.36. The number of likely N-dealkylation sites (tertiary alicyclic amines) is 1. The zero-order chi connectivity index (χ0) is 27.9. The highest BCUT2D eigenvalue weighted by atomic mass is 79.9. The number of halogens is 3. The number of hydrogen-bond acceptors (Lipinski definition) is 7. The van der Waals surface area contributed by atoms with Crippen LogP contribution < -0.4 is 10.9 Å². The largest absolute Gasteiger partial charge is 0.444 e. The van der Waals surface area contributed by atoms with Gasteiger partial charge in [0.15, 0.2) is 0 Å². The lowest BCUT2D eigenvalue weighted by atomic mass is 10.1. The summed E-state index contributed by atoms with van der Waals surface area (Å²) in [5.41, 5.74) is 0.599. The summed E-state index contributed by atoms with van der Waals surface area (Å²) in [5.74, 6) is 0.301. The fourth-order valence-corrected chi connectivity index (χ4v) is 5.51. The van der Waals surface area contributed by atoms with E-state index in [-0.39, 0.29) is 17.7 Å². The lowest BCUT2D eigenvalue weighted by Gasteiger charge is -2.34. The van der Waals surface area contributed by atoms with E-state index in [1.165, 1.54) is 10.8 Å². The van der Waals surface area contributed by atoms with Crippen LogP contribution in [-0.4, -0.2) is 54.0 Å². The third-order valence-corrected chi connectivity index (χ3v) is 7.36. The Hall–Kier alpha value is -3.15. The molecule has 3 aromatic heterocycles. The molecule has 39 heavy (non-hydrogen) atoms. The number of pyridine rings is 1. The number of nitrogens with zero attached hydrogens (tertiary/aromatic N) is 6. The lowest BCUT2D eigenvalue weighted by Crippen LogP contribution is -2.43. The van der Waals surface area contributed by atoms with Crippen molar-refractivity contribution in [1.29, 1.82) is 0 Å². The number of piperidine rings is 1. The van der Waals surface area contributed by atoms with Crippen LogP contribution in [0.25, 0.3) is 16.6 Å². The number of anilines is 2. The van der Waals surface area contributed by atoms with Gasteiger partial charge in [-0.2, -0.15) is 5.10 Å². The first kappa shape index (κ1) is 27.4. The molecule has 1 aromatic carbocycles. The van der Waals surface area contributed by atoms with Crippen molar-refractivity contribution in [3.05, 3.63) is 67.9 Å². The van der Waals surface area contributed by atoms with Gasteiger partial charge in [0, 0.05) is 31.7 Å². The van der Waals surface area contributed by atoms with Gasteiger partial charge in [0.25, 0.3) is 5.56 Å². The van der Waals surface area contributed by atoms with Crippen molar-refractivity contribution in [3.8, 4) is 5.69 Å². The van der Waals surface area contributed by atoms with E-state index in [1.54, 1.807) is 35.5 Å². The molecule has 5 rings (SSSR count). The minimum Gasteiger partial charge on any atom is -0.444 e. The Kier molecular flexibility index (Phi) is 7.58. The Bertz CT molecular complexity index is 1600. The monoisotopic (exact) mass is 633 g/mol. The third-order valence-electron chi connectivity index (χ3n) is 6.17. The fourth-order valence-electron chi connectivity index (χ4n) is 4.42. The summed E-state index contributed by atoms with van der Waals surface area (Å²) in [5, 5.41) is 8.63. The Morgan fingerprint density at radius 1 is 1.18 bits per heavy atom. The van der Waals surface area contributed by atoms with Gasteiger partial charge < -0.3 is 15.0 Å². The van der Waals surface area contributed by atoms with Gasteiger partial charge in [-0.3, -0.25) is 14.0 Å². The average molecular weight is 635 g/mol. The first-order valence-electron chi connectivity index (χ1n) is 12.3. The number of amides is 1. The van der Waals surface area contributed by atoms with E-state index in [0.29, 0.717) is 55.8 Å². The molecule has 0 radical (unpaired) electrons. The number of aromatic nitrogens is 5. The van der Waals surface area contributed by atoms with E-state index in [4.69, 9.17) is 27.9 Å². The topological polar surface area (TPSA) is 107 Å². The molecular weight excluding hydrogens is 609 g/mol. The number of hydrogen-bond donors (Lipinski definition) is 1. The number of carbonyl (C=O) groups is 1. The highest BCUT2D eigenvalue weighted by Gasteiger charge is 2.29. The van der Waals surface area contributed by atoms with Gasteiger partial charge in [0.2, 0.25) is 5.95 Å². The second-order valence-electron chi connectivity index (χ2n) is 10.2. The van der Waals surface area contributed by atoms with Crippen LogP contribution in [0, 0.1) is 0 Å². The zero-order valence-electron chi connectivity index (χ0n) is 21.5. The van der Waals surface area contributed by atoms with Crippen molar-refractivity contribution >= 4 is 67.8 Å². The summed E-state index contributed by atoms with van der Waals surface area (Å²) in [6.45, 7) is 6.74. The highest BCUT2D eigenvalue weighted by molar-refractivity contribution is 9.10. The van der Waals surface area contributed by atoms with Crippen LogP contribution in [0.15, 0.2) is 52.3 Å². The molecule has 1 atom stereocenters. The molecule has 0 bridgehead atoms.